The highest BCUT2D eigenvalue weighted by Crippen LogP contribution is 2.44. The van der Waals surface area contributed by atoms with Crippen LogP contribution in [-0.4, -0.2) is 48.6 Å². The Labute approximate surface area is 207 Å². The predicted octanol–water partition coefficient (Wildman–Crippen LogP) is 4.18. The molecule has 0 radical (unpaired) electrons. The molecule has 8 nitrogen and oxygen atoms in total. The number of alkyl halides is 6. The molecular formula is C19H14F6IN2O6S-. The Hall–Kier alpha value is -2.60. The van der Waals surface area contributed by atoms with Gasteiger partial charge in [0, 0.05) is 9.13 Å². The molecule has 2 amide bonds. The van der Waals surface area contributed by atoms with Gasteiger partial charge in [-0.3, -0.25) is 10.1 Å². The fraction of sp³-hybridized carbons (Fsp3) is 0.263. The van der Waals surface area contributed by atoms with Gasteiger partial charge in [0.15, 0.2) is 0 Å². The summed E-state index contributed by atoms with van der Waals surface area (Å²) in [6.45, 7) is -0.0939. The lowest BCUT2D eigenvalue weighted by Gasteiger charge is -2.38. The van der Waals surface area contributed by atoms with E-state index in [-0.39, 0.29) is 15.9 Å². The van der Waals surface area contributed by atoms with Crippen LogP contribution in [0.4, 0.5) is 36.8 Å². The number of rotatable bonds is 7. The number of halogens is 7. The summed E-state index contributed by atoms with van der Waals surface area (Å²) >= 11 is 1.54. The van der Waals surface area contributed by atoms with E-state index in [1.807, 2.05) is 0 Å². The lowest BCUT2D eigenvalue weighted by Crippen LogP contribution is -2.70. The molecule has 2 aromatic carbocycles. The molecule has 2 rings (SSSR count). The summed E-state index contributed by atoms with van der Waals surface area (Å²) in [6.07, 6.45) is -13.7. The van der Waals surface area contributed by atoms with Crippen molar-refractivity contribution in [3.63, 3.8) is 0 Å². The van der Waals surface area contributed by atoms with E-state index in [4.69, 9.17) is 4.74 Å². The SMILES string of the molecule is O=C(Nc1ccc(C(=O)NC(CS(=O)(=O)[O-])(C(F)(F)F)C(F)(F)F)cc1I)OCc1ccccc1. The Morgan fingerprint density at radius 2 is 1.54 bits per heavy atom. The van der Waals surface area contributed by atoms with E-state index in [1.54, 1.807) is 52.9 Å². The quantitative estimate of drug-likeness (QED) is 0.266. The van der Waals surface area contributed by atoms with Crippen molar-refractivity contribution in [1.29, 1.82) is 0 Å². The second kappa shape index (κ2) is 10.6. The van der Waals surface area contributed by atoms with Crippen LogP contribution in [0, 0.1) is 3.57 Å². The van der Waals surface area contributed by atoms with E-state index in [0.29, 0.717) is 10.9 Å². The molecule has 0 saturated heterocycles. The summed E-state index contributed by atoms with van der Waals surface area (Å²) in [7, 11) is -6.10. The highest BCUT2D eigenvalue weighted by Gasteiger charge is 2.72. The van der Waals surface area contributed by atoms with Crippen LogP contribution >= 0.6 is 22.6 Å². The molecular weight excluding hydrogens is 625 g/mol. The number of anilines is 1. The Morgan fingerprint density at radius 1 is 0.971 bits per heavy atom. The lowest BCUT2D eigenvalue weighted by atomic mass is 9.99. The molecule has 0 unspecified atom stereocenters. The zero-order valence-corrected chi connectivity index (χ0v) is 20.0. The fourth-order valence-electron chi connectivity index (χ4n) is 2.66. The van der Waals surface area contributed by atoms with Crippen molar-refractivity contribution < 1.29 is 53.6 Å². The number of benzene rings is 2. The van der Waals surface area contributed by atoms with Gasteiger partial charge in [-0.15, -0.1) is 0 Å². The minimum absolute atomic E-state index is 0.0141. The summed E-state index contributed by atoms with van der Waals surface area (Å²) in [4.78, 5) is 24.2. The van der Waals surface area contributed by atoms with Gasteiger partial charge >= 0.3 is 18.4 Å². The topological polar surface area (TPSA) is 125 Å². The smallest absolute Gasteiger partial charge is 0.421 e. The van der Waals surface area contributed by atoms with E-state index in [9.17, 15) is 48.9 Å². The van der Waals surface area contributed by atoms with Gasteiger partial charge in [0.1, 0.15) is 6.61 Å². The summed E-state index contributed by atoms with van der Waals surface area (Å²) < 4.78 is 118. The average molecular weight is 639 g/mol. The first-order valence-electron chi connectivity index (χ1n) is 9.12. The molecule has 0 aromatic heterocycles. The number of carbonyl (C=O) groups excluding carboxylic acids is 2. The molecule has 0 spiro atoms. The number of hydrogen-bond acceptors (Lipinski definition) is 6. The van der Waals surface area contributed by atoms with E-state index in [0.717, 1.165) is 18.2 Å². The van der Waals surface area contributed by atoms with Gasteiger partial charge in [0.25, 0.3) is 5.91 Å². The Morgan fingerprint density at radius 3 is 2.03 bits per heavy atom. The van der Waals surface area contributed by atoms with Gasteiger partial charge in [-0.1, -0.05) is 30.3 Å². The average Bonchev–Trinajstić information content (AvgIpc) is 2.71. The molecule has 0 fully saturated rings. The van der Waals surface area contributed by atoms with Gasteiger partial charge in [-0.2, -0.15) is 26.3 Å². The number of nitrogens with one attached hydrogen (secondary N) is 2. The van der Waals surface area contributed by atoms with E-state index in [2.05, 4.69) is 5.32 Å². The second-order valence-corrected chi connectivity index (χ2v) is 9.50. The molecule has 2 aromatic rings. The number of ether oxygens (including phenoxy) is 1. The first-order valence-corrected chi connectivity index (χ1v) is 11.8. The molecule has 192 valence electrons. The first-order chi connectivity index (χ1) is 16.0. The number of hydrogen-bond donors (Lipinski definition) is 2. The molecule has 0 aliphatic rings. The van der Waals surface area contributed by atoms with Gasteiger partial charge < -0.3 is 14.6 Å². The van der Waals surface area contributed by atoms with Crippen LogP contribution in [0.25, 0.3) is 0 Å². The molecule has 0 bridgehead atoms. The van der Waals surface area contributed by atoms with Gasteiger partial charge in [0.2, 0.25) is 5.54 Å². The van der Waals surface area contributed by atoms with Crippen molar-refractivity contribution in [3.05, 3.63) is 63.2 Å². The molecule has 0 aliphatic heterocycles. The van der Waals surface area contributed by atoms with Crippen LogP contribution in [0.5, 0.6) is 0 Å². The molecule has 16 heteroatoms. The standard InChI is InChI=1S/C19H15F6IN2O6S/c20-18(21,22)17(19(23,24)25,10-35(31,32)33)28-15(29)12-6-7-14(13(26)8-12)27-16(30)34-9-11-4-2-1-3-5-11/h1-8H,9-10H2,(H,27,30)(H,28,29)(H,31,32,33)/p-1. The zero-order chi connectivity index (χ0) is 26.7. The van der Waals surface area contributed by atoms with Crippen molar-refractivity contribution in [3.8, 4) is 0 Å². The third-order valence-corrected chi connectivity index (χ3v) is 6.05. The molecule has 0 aliphatic carbocycles. The molecule has 0 atom stereocenters. The first kappa shape index (κ1) is 28.6. The molecule has 0 heterocycles. The van der Waals surface area contributed by atoms with E-state index < -0.39 is 51.3 Å². The maximum Gasteiger partial charge on any atom is 0.421 e. The monoisotopic (exact) mass is 639 g/mol. The van der Waals surface area contributed by atoms with Crippen LogP contribution in [0.15, 0.2) is 48.5 Å². The maximum atomic E-state index is 13.4. The largest absolute Gasteiger partial charge is 0.748 e. The number of amides is 2. The Balaban J connectivity index is 2.23. The highest BCUT2D eigenvalue weighted by atomic mass is 127. The molecule has 2 N–H and O–H groups in total. The molecule has 35 heavy (non-hydrogen) atoms. The van der Waals surface area contributed by atoms with Crippen LogP contribution in [0.3, 0.4) is 0 Å². The summed E-state index contributed by atoms with van der Waals surface area (Å²) in [6, 6.07) is 11.2. The van der Waals surface area contributed by atoms with Gasteiger partial charge in [-0.25, -0.2) is 13.2 Å². The Bertz CT molecular complexity index is 1170. The van der Waals surface area contributed by atoms with Gasteiger partial charge in [0.05, 0.1) is 21.6 Å². The van der Waals surface area contributed by atoms with E-state index in [1.165, 1.54) is 0 Å². The highest BCUT2D eigenvalue weighted by molar-refractivity contribution is 14.1. The third-order valence-electron chi connectivity index (χ3n) is 4.37. The van der Waals surface area contributed by atoms with Crippen LogP contribution in [-0.2, 0) is 21.5 Å². The predicted molar refractivity (Wildman–Crippen MR) is 116 cm³/mol. The molecule has 0 saturated carbocycles. The fourth-order valence-corrected chi connectivity index (χ4v) is 4.24. The summed E-state index contributed by atoms with van der Waals surface area (Å²) in [5, 5.41) is 2.92. The van der Waals surface area contributed by atoms with Crippen LogP contribution in [0.2, 0.25) is 0 Å². The minimum atomic E-state index is -6.38. The van der Waals surface area contributed by atoms with E-state index >= 15 is 0 Å². The summed E-state index contributed by atoms with van der Waals surface area (Å²) in [5.74, 6) is -4.96. The van der Waals surface area contributed by atoms with Crippen molar-refractivity contribution in [2.24, 2.45) is 0 Å². The van der Waals surface area contributed by atoms with Gasteiger partial charge in [-0.05, 0) is 46.4 Å². The normalized spacial score (nSPS) is 12.7. The summed E-state index contributed by atoms with van der Waals surface area (Å²) in [5.41, 5.74) is -5.40. The van der Waals surface area contributed by atoms with Crippen LogP contribution in [0.1, 0.15) is 15.9 Å². The van der Waals surface area contributed by atoms with Crippen LogP contribution < -0.4 is 10.6 Å². The second-order valence-electron chi connectivity index (χ2n) is 6.94. The Kier molecular flexibility index (Phi) is 8.65. The van der Waals surface area contributed by atoms with Crippen molar-refractivity contribution >= 4 is 50.4 Å². The minimum Gasteiger partial charge on any atom is -0.748 e. The van der Waals surface area contributed by atoms with Crippen molar-refractivity contribution in [2.75, 3.05) is 11.1 Å². The zero-order valence-electron chi connectivity index (χ0n) is 17.0. The lowest BCUT2D eigenvalue weighted by molar-refractivity contribution is -0.296. The third kappa shape index (κ3) is 7.44. The number of carbonyl (C=O) groups is 2. The van der Waals surface area contributed by atoms with Crippen molar-refractivity contribution in [1.82, 2.24) is 5.32 Å². The maximum absolute atomic E-state index is 13.4. The van der Waals surface area contributed by atoms with Crippen molar-refractivity contribution in [2.45, 2.75) is 24.5 Å².